The number of rotatable bonds is 6. The highest BCUT2D eigenvalue weighted by molar-refractivity contribution is 5.96. The molecule has 0 aromatic heterocycles. The molecule has 1 N–H and O–H groups in total. The number of aromatic carboxylic acids is 1. The van der Waals surface area contributed by atoms with Crippen LogP contribution in [0, 0.1) is 17.2 Å². The summed E-state index contributed by atoms with van der Waals surface area (Å²) < 4.78 is 0. The summed E-state index contributed by atoms with van der Waals surface area (Å²) in [4.78, 5) is 25.1. The third-order valence-corrected chi connectivity index (χ3v) is 3.74. The Balaban J connectivity index is 2.16. The second kappa shape index (κ2) is 7.93. The molecular formula is C19H18N2O3. The Labute approximate surface area is 140 Å². The zero-order chi connectivity index (χ0) is 17.5. The molecule has 1 unspecified atom stereocenters. The van der Waals surface area contributed by atoms with Gasteiger partial charge in [-0.3, -0.25) is 4.79 Å². The van der Waals surface area contributed by atoms with Gasteiger partial charge >= 0.3 is 5.97 Å². The number of anilines is 1. The van der Waals surface area contributed by atoms with Gasteiger partial charge in [-0.2, -0.15) is 5.26 Å². The Morgan fingerprint density at radius 3 is 2.25 bits per heavy atom. The van der Waals surface area contributed by atoms with Crippen LogP contribution in [0.1, 0.15) is 22.8 Å². The highest BCUT2D eigenvalue weighted by Crippen LogP contribution is 2.19. The largest absolute Gasteiger partial charge is 0.478 e. The number of hydrogen-bond donors (Lipinski definition) is 1. The van der Waals surface area contributed by atoms with E-state index in [2.05, 4.69) is 6.07 Å². The Morgan fingerprint density at radius 2 is 1.75 bits per heavy atom. The van der Waals surface area contributed by atoms with Crippen molar-refractivity contribution in [3.05, 3.63) is 65.7 Å². The number of carboxylic acid groups (broad SMARTS) is 1. The summed E-state index contributed by atoms with van der Waals surface area (Å²) in [6, 6.07) is 17.5. The van der Waals surface area contributed by atoms with Crippen molar-refractivity contribution in [1.82, 2.24) is 0 Å². The predicted molar refractivity (Wildman–Crippen MR) is 90.7 cm³/mol. The quantitative estimate of drug-likeness (QED) is 0.886. The van der Waals surface area contributed by atoms with Crippen LogP contribution in [0.15, 0.2) is 54.6 Å². The van der Waals surface area contributed by atoms with Crippen molar-refractivity contribution in [3.63, 3.8) is 0 Å². The lowest BCUT2D eigenvalue weighted by molar-refractivity contribution is -0.120. The van der Waals surface area contributed by atoms with Crippen LogP contribution in [0.3, 0.4) is 0 Å². The molecule has 2 aromatic rings. The Hall–Kier alpha value is -3.13. The molecular weight excluding hydrogens is 304 g/mol. The third kappa shape index (κ3) is 3.99. The van der Waals surface area contributed by atoms with Crippen LogP contribution in [0.4, 0.5) is 5.69 Å². The summed E-state index contributed by atoms with van der Waals surface area (Å²) in [6.45, 7) is 2.33. The van der Waals surface area contributed by atoms with E-state index in [1.807, 2.05) is 37.3 Å². The molecule has 0 aliphatic heterocycles. The average molecular weight is 322 g/mol. The van der Waals surface area contributed by atoms with E-state index in [0.29, 0.717) is 6.54 Å². The minimum atomic E-state index is -1.00. The molecule has 0 radical (unpaired) electrons. The number of carbonyl (C=O) groups is 2. The third-order valence-electron chi connectivity index (χ3n) is 3.74. The first-order valence-electron chi connectivity index (χ1n) is 7.65. The summed E-state index contributed by atoms with van der Waals surface area (Å²) in [5.41, 5.74) is 1.69. The topological polar surface area (TPSA) is 81.4 Å². The van der Waals surface area contributed by atoms with Gasteiger partial charge in [0.15, 0.2) is 0 Å². The number of benzene rings is 2. The van der Waals surface area contributed by atoms with Crippen LogP contribution in [0.2, 0.25) is 0 Å². The second-order valence-corrected chi connectivity index (χ2v) is 5.31. The number of para-hydroxylation sites is 1. The Kier molecular flexibility index (Phi) is 5.69. The van der Waals surface area contributed by atoms with Gasteiger partial charge in [-0.15, -0.1) is 0 Å². The predicted octanol–water partition coefficient (Wildman–Crippen LogP) is 3.12. The molecule has 0 bridgehead atoms. The van der Waals surface area contributed by atoms with Gasteiger partial charge in [0.2, 0.25) is 5.91 Å². The average Bonchev–Trinajstić information content (AvgIpc) is 2.61. The molecule has 122 valence electrons. The fourth-order valence-corrected chi connectivity index (χ4v) is 2.47. The van der Waals surface area contributed by atoms with E-state index in [1.165, 1.54) is 12.1 Å². The molecule has 0 spiro atoms. The van der Waals surface area contributed by atoms with Crippen LogP contribution in [-0.4, -0.2) is 23.5 Å². The molecule has 0 heterocycles. The van der Waals surface area contributed by atoms with E-state index < -0.39 is 11.9 Å². The van der Waals surface area contributed by atoms with E-state index >= 15 is 0 Å². The van der Waals surface area contributed by atoms with Gasteiger partial charge in [-0.1, -0.05) is 30.3 Å². The molecule has 1 atom stereocenters. The van der Waals surface area contributed by atoms with Crippen molar-refractivity contribution in [2.45, 2.75) is 13.3 Å². The Morgan fingerprint density at radius 1 is 1.12 bits per heavy atom. The molecule has 5 heteroatoms. The van der Waals surface area contributed by atoms with Crippen molar-refractivity contribution >= 4 is 17.6 Å². The maximum atomic E-state index is 12.7. The summed E-state index contributed by atoms with van der Waals surface area (Å²) in [5, 5.41) is 18.3. The lowest BCUT2D eigenvalue weighted by atomic mass is 9.98. The zero-order valence-corrected chi connectivity index (χ0v) is 13.3. The zero-order valence-electron chi connectivity index (χ0n) is 13.3. The number of amides is 1. The first-order valence-corrected chi connectivity index (χ1v) is 7.65. The van der Waals surface area contributed by atoms with Crippen molar-refractivity contribution in [2.24, 2.45) is 5.92 Å². The number of carboxylic acids is 1. The maximum Gasteiger partial charge on any atom is 0.335 e. The molecule has 0 saturated heterocycles. The SMILES string of the molecule is CCN(C(=O)C(C#N)Cc1ccc(C(=O)O)cc1)c1ccccc1. The monoisotopic (exact) mass is 322 g/mol. The summed E-state index contributed by atoms with van der Waals surface area (Å²) >= 11 is 0. The van der Waals surface area contributed by atoms with Gasteiger partial charge in [-0.05, 0) is 43.2 Å². The molecule has 0 fully saturated rings. The van der Waals surface area contributed by atoms with E-state index in [1.54, 1.807) is 17.0 Å². The normalized spacial score (nSPS) is 11.3. The fraction of sp³-hybridized carbons (Fsp3) is 0.211. The van der Waals surface area contributed by atoms with Gasteiger partial charge in [0.25, 0.3) is 0 Å². The summed E-state index contributed by atoms with van der Waals surface area (Å²) in [6.07, 6.45) is 0.249. The van der Waals surface area contributed by atoms with Gasteiger partial charge in [0, 0.05) is 12.2 Å². The lowest BCUT2D eigenvalue weighted by Crippen LogP contribution is -2.36. The minimum absolute atomic E-state index is 0.179. The second-order valence-electron chi connectivity index (χ2n) is 5.31. The molecule has 1 amide bonds. The van der Waals surface area contributed by atoms with Crippen LogP contribution in [-0.2, 0) is 11.2 Å². The number of hydrogen-bond acceptors (Lipinski definition) is 3. The number of nitrogens with zero attached hydrogens (tertiary/aromatic N) is 2. The summed E-state index contributed by atoms with van der Waals surface area (Å²) in [5.74, 6) is -2.08. The minimum Gasteiger partial charge on any atom is -0.478 e. The van der Waals surface area contributed by atoms with E-state index in [9.17, 15) is 14.9 Å². The van der Waals surface area contributed by atoms with Gasteiger partial charge < -0.3 is 10.0 Å². The standard InChI is InChI=1S/C19H18N2O3/c1-2-21(17-6-4-3-5-7-17)18(22)16(13-20)12-14-8-10-15(11-9-14)19(23)24/h3-11,16H,2,12H2,1H3,(H,23,24). The van der Waals surface area contributed by atoms with Crippen LogP contribution >= 0.6 is 0 Å². The van der Waals surface area contributed by atoms with Crippen molar-refractivity contribution < 1.29 is 14.7 Å². The van der Waals surface area contributed by atoms with Crippen molar-refractivity contribution in [3.8, 4) is 6.07 Å². The number of carbonyl (C=O) groups excluding carboxylic acids is 1. The van der Waals surface area contributed by atoms with Crippen LogP contribution < -0.4 is 4.90 Å². The van der Waals surface area contributed by atoms with Crippen molar-refractivity contribution in [2.75, 3.05) is 11.4 Å². The van der Waals surface area contributed by atoms with Gasteiger partial charge in [0.05, 0.1) is 11.6 Å². The highest BCUT2D eigenvalue weighted by Gasteiger charge is 2.24. The number of nitriles is 1. The smallest absolute Gasteiger partial charge is 0.335 e. The maximum absolute atomic E-state index is 12.7. The van der Waals surface area contributed by atoms with Gasteiger partial charge in [0.1, 0.15) is 5.92 Å². The van der Waals surface area contributed by atoms with E-state index in [4.69, 9.17) is 5.11 Å². The molecule has 0 saturated carbocycles. The summed E-state index contributed by atoms with van der Waals surface area (Å²) in [7, 11) is 0. The molecule has 24 heavy (non-hydrogen) atoms. The Bertz CT molecular complexity index is 748. The first-order chi connectivity index (χ1) is 11.6. The fourth-order valence-electron chi connectivity index (χ4n) is 2.47. The van der Waals surface area contributed by atoms with Crippen molar-refractivity contribution in [1.29, 1.82) is 5.26 Å². The first kappa shape index (κ1) is 17.2. The van der Waals surface area contributed by atoms with Crippen LogP contribution in [0.5, 0.6) is 0 Å². The molecule has 2 aromatic carbocycles. The van der Waals surface area contributed by atoms with Gasteiger partial charge in [-0.25, -0.2) is 4.79 Å². The highest BCUT2D eigenvalue weighted by atomic mass is 16.4. The molecule has 0 aliphatic carbocycles. The molecule has 2 rings (SSSR count). The van der Waals surface area contributed by atoms with Crippen LogP contribution in [0.25, 0.3) is 0 Å². The van der Waals surface area contributed by atoms with E-state index in [0.717, 1.165) is 11.3 Å². The molecule has 0 aliphatic rings. The van der Waals surface area contributed by atoms with E-state index in [-0.39, 0.29) is 17.9 Å². The molecule has 5 nitrogen and oxygen atoms in total. The lowest BCUT2D eigenvalue weighted by Gasteiger charge is -2.23.